The quantitative estimate of drug-likeness (QED) is 0.747. The fourth-order valence-electron chi connectivity index (χ4n) is 3.71. The zero-order chi connectivity index (χ0) is 18.2. The van der Waals surface area contributed by atoms with Crippen molar-refractivity contribution in [1.29, 1.82) is 0 Å². The van der Waals surface area contributed by atoms with Crippen LogP contribution in [-0.2, 0) is 9.53 Å². The van der Waals surface area contributed by atoms with E-state index in [1.165, 1.54) is 19.3 Å². The highest BCUT2D eigenvalue weighted by atomic mass is 16.5. The lowest BCUT2D eigenvalue weighted by molar-refractivity contribution is -0.125. The summed E-state index contributed by atoms with van der Waals surface area (Å²) in [5, 5.41) is 3.02. The van der Waals surface area contributed by atoms with Gasteiger partial charge >= 0.3 is 0 Å². The van der Waals surface area contributed by atoms with Gasteiger partial charge in [-0.15, -0.1) is 0 Å². The Morgan fingerprint density at radius 2 is 1.81 bits per heavy atom. The lowest BCUT2D eigenvalue weighted by Gasteiger charge is -2.33. The highest BCUT2D eigenvalue weighted by Gasteiger charge is 2.25. The maximum Gasteiger partial charge on any atom is 0.225 e. The van der Waals surface area contributed by atoms with Gasteiger partial charge in [0, 0.05) is 52.4 Å². The van der Waals surface area contributed by atoms with E-state index in [1.807, 2.05) is 12.4 Å². The molecule has 2 aliphatic heterocycles. The Bertz CT molecular complexity index is 552. The number of carbonyl (C=O) groups is 1. The van der Waals surface area contributed by atoms with E-state index in [0.717, 1.165) is 57.1 Å². The highest BCUT2D eigenvalue weighted by molar-refractivity contribution is 5.78. The van der Waals surface area contributed by atoms with E-state index in [0.29, 0.717) is 13.2 Å². The van der Waals surface area contributed by atoms with E-state index < -0.39 is 0 Å². The summed E-state index contributed by atoms with van der Waals surface area (Å²) in [4.78, 5) is 25.9. The van der Waals surface area contributed by atoms with Crippen molar-refractivity contribution in [2.75, 3.05) is 56.2 Å². The van der Waals surface area contributed by atoms with Crippen molar-refractivity contribution in [3.05, 3.63) is 12.4 Å². The Hall–Kier alpha value is -1.89. The number of aromatic nitrogens is 2. The van der Waals surface area contributed by atoms with Crippen LogP contribution >= 0.6 is 0 Å². The number of rotatable bonds is 7. The topological polar surface area (TPSA) is 70.6 Å². The van der Waals surface area contributed by atoms with Crippen molar-refractivity contribution in [2.24, 2.45) is 5.92 Å². The Morgan fingerprint density at radius 3 is 2.46 bits per heavy atom. The summed E-state index contributed by atoms with van der Waals surface area (Å²) >= 11 is 0. The molecule has 0 saturated carbocycles. The molecule has 0 radical (unpaired) electrons. The average Bonchev–Trinajstić information content (AvgIpc) is 2.72. The summed E-state index contributed by atoms with van der Waals surface area (Å²) in [6.07, 6.45) is 10.3. The van der Waals surface area contributed by atoms with Gasteiger partial charge in [0.05, 0.1) is 18.1 Å². The molecule has 3 rings (SSSR count). The zero-order valence-electron chi connectivity index (χ0n) is 15.8. The number of anilines is 2. The van der Waals surface area contributed by atoms with Gasteiger partial charge in [0.15, 0.2) is 0 Å². The molecule has 2 fully saturated rings. The molecule has 0 aromatic carbocycles. The van der Waals surface area contributed by atoms with Gasteiger partial charge < -0.3 is 19.9 Å². The third kappa shape index (κ3) is 5.06. The summed E-state index contributed by atoms with van der Waals surface area (Å²) in [6.45, 7) is 5.25. The molecule has 1 amide bonds. The third-order valence-electron chi connectivity index (χ3n) is 5.32. The smallest absolute Gasteiger partial charge is 0.225 e. The van der Waals surface area contributed by atoms with E-state index in [-0.39, 0.29) is 11.8 Å². The first-order chi connectivity index (χ1) is 12.8. The molecule has 1 N–H and O–H groups in total. The minimum absolute atomic E-state index is 0.113. The molecule has 1 aromatic heterocycles. The van der Waals surface area contributed by atoms with Gasteiger partial charge in [-0.2, -0.15) is 0 Å². The number of piperidine rings is 2. The van der Waals surface area contributed by atoms with Crippen molar-refractivity contribution in [2.45, 2.75) is 38.5 Å². The maximum atomic E-state index is 12.2. The van der Waals surface area contributed by atoms with E-state index >= 15 is 0 Å². The zero-order valence-corrected chi connectivity index (χ0v) is 15.8. The lowest BCUT2D eigenvalue weighted by Crippen LogP contribution is -2.41. The van der Waals surface area contributed by atoms with Crippen LogP contribution in [0.5, 0.6) is 0 Å². The highest BCUT2D eigenvalue weighted by Crippen LogP contribution is 2.24. The van der Waals surface area contributed by atoms with Crippen LogP contribution in [-0.4, -0.2) is 62.3 Å². The minimum Gasteiger partial charge on any atom is -0.385 e. The van der Waals surface area contributed by atoms with Crippen LogP contribution in [0.1, 0.15) is 38.5 Å². The van der Waals surface area contributed by atoms with Crippen molar-refractivity contribution < 1.29 is 9.53 Å². The molecule has 1 aromatic rings. The number of nitrogens with one attached hydrogen (secondary N) is 1. The number of methoxy groups -OCH3 is 1. The molecule has 7 nitrogen and oxygen atoms in total. The molecule has 2 saturated heterocycles. The van der Waals surface area contributed by atoms with Crippen molar-refractivity contribution >= 4 is 17.5 Å². The van der Waals surface area contributed by atoms with Crippen molar-refractivity contribution in [3.63, 3.8) is 0 Å². The first-order valence-electron chi connectivity index (χ1n) is 9.86. The van der Waals surface area contributed by atoms with E-state index in [4.69, 9.17) is 4.74 Å². The number of carbonyl (C=O) groups excluding carboxylic acids is 1. The SMILES string of the molecule is COCCCNC(=O)C1CCN(c2cnc(N3CCCCC3)nc2)CC1. The van der Waals surface area contributed by atoms with Gasteiger partial charge in [-0.3, -0.25) is 4.79 Å². The third-order valence-corrected chi connectivity index (χ3v) is 5.32. The molecule has 0 atom stereocenters. The Morgan fingerprint density at radius 1 is 1.12 bits per heavy atom. The largest absolute Gasteiger partial charge is 0.385 e. The second-order valence-electron chi connectivity index (χ2n) is 7.19. The fourth-order valence-corrected chi connectivity index (χ4v) is 3.71. The standard InChI is InChI=1S/C19H31N5O2/c1-26-13-5-8-20-18(25)16-6-11-23(12-7-16)17-14-21-19(22-15-17)24-9-3-2-4-10-24/h14-16H,2-13H2,1H3,(H,20,25). The second kappa shape index (κ2) is 9.71. The van der Waals surface area contributed by atoms with Crippen LogP contribution in [0.25, 0.3) is 0 Å². The molecule has 26 heavy (non-hydrogen) atoms. The Kier molecular flexibility index (Phi) is 7.05. The molecule has 2 aliphatic rings. The van der Waals surface area contributed by atoms with Crippen LogP contribution in [0.3, 0.4) is 0 Å². The number of hydrogen-bond donors (Lipinski definition) is 1. The van der Waals surface area contributed by atoms with Crippen LogP contribution in [0.4, 0.5) is 11.6 Å². The molecular weight excluding hydrogens is 330 g/mol. The molecule has 0 bridgehead atoms. The minimum atomic E-state index is 0.113. The Labute approximate surface area is 156 Å². The molecule has 3 heterocycles. The second-order valence-corrected chi connectivity index (χ2v) is 7.19. The van der Waals surface area contributed by atoms with Gasteiger partial charge in [0.2, 0.25) is 11.9 Å². The summed E-state index contributed by atoms with van der Waals surface area (Å²) < 4.78 is 5.01. The first-order valence-corrected chi connectivity index (χ1v) is 9.86. The van der Waals surface area contributed by atoms with E-state index in [2.05, 4.69) is 25.1 Å². The molecule has 144 valence electrons. The predicted molar refractivity (Wildman–Crippen MR) is 103 cm³/mol. The number of nitrogens with zero attached hydrogens (tertiary/aromatic N) is 4. The van der Waals surface area contributed by atoms with Crippen LogP contribution < -0.4 is 15.1 Å². The fraction of sp³-hybridized carbons (Fsp3) is 0.737. The van der Waals surface area contributed by atoms with Crippen LogP contribution in [0, 0.1) is 5.92 Å². The molecule has 0 unspecified atom stereocenters. The van der Waals surface area contributed by atoms with Gasteiger partial charge in [-0.05, 0) is 38.5 Å². The number of ether oxygens (including phenoxy) is 1. The van der Waals surface area contributed by atoms with E-state index in [1.54, 1.807) is 7.11 Å². The molecule has 7 heteroatoms. The van der Waals surface area contributed by atoms with Crippen molar-refractivity contribution in [3.8, 4) is 0 Å². The van der Waals surface area contributed by atoms with Gasteiger partial charge in [-0.1, -0.05) is 0 Å². The average molecular weight is 361 g/mol. The molecule has 0 aliphatic carbocycles. The summed E-state index contributed by atoms with van der Waals surface area (Å²) in [6, 6.07) is 0. The monoisotopic (exact) mass is 361 g/mol. The van der Waals surface area contributed by atoms with Gasteiger partial charge in [0.1, 0.15) is 0 Å². The summed E-state index contributed by atoms with van der Waals surface area (Å²) in [5.74, 6) is 1.14. The Balaban J connectivity index is 1.44. The number of hydrogen-bond acceptors (Lipinski definition) is 6. The molecule has 0 spiro atoms. The summed E-state index contributed by atoms with van der Waals surface area (Å²) in [7, 11) is 1.68. The predicted octanol–water partition coefficient (Wildman–Crippen LogP) is 1.84. The van der Waals surface area contributed by atoms with Gasteiger partial charge in [-0.25, -0.2) is 9.97 Å². The van der Waals surface area contributed by atoms with Crippen molar-refractivity contribution in [1.82, 2.24) is 15.3 Å². The van der Waals surface area contributed by atoms with Gasteiger partial charge in [0.25, 0.3) is 0 Å². The van der Waals surface area contributed by atoms with Crippen LogP contribution in [0.15, 0.2) is 12.4 Å². The maximum absolute atomic E-state index is 12.2. The first kappa shape index (κ1) is 18.9. The van der Waals surface area contributed by atoms with E-state index in [9.17, 15) is 4.79 Å². The van der Waals surface area contributed by atoms with Crippen LogP contribution in [0.2, 0.25) is 0 Å². The summed E-state index contributed by atoms with van der Waals surface area (Å²) in [5.41, 5.74) is 1.06. The number of amides is 1. The normalized spacial score (nSPS) is 18.8. The molecular formula is C19H31N5O2. The lowest BCUT2D eigenvalue weighted by atomic mass is 9.95.